The quantitative estimate of drug-likeness (QED) is 0.651. The number of anilines is 1. The van der Waals surface area contributed by atoms with Crippen molar-refractivity contribution in [3.63, 3.8) is 0 Å². The molecule has 0 bridgehead atoms. The van der Waals surface area contributed by atoms with Crippen LogP contribution < -0.4 is 10.0 Å². The van der Waals surface area contributed by atoms with Crippen molar-refractivity contribution in [2.75, 3.05) is 30.2 Å². The monoisotopic (exact) mass is 314 g/mol. The summed E-state index contributed by atoms with van der Waals surface area (Å²) in [7, 11) is -3.34. The number of ether oxygens (including phenoxy) is 1. The van der Waals surface area contributed by atoms with Crippen LogP contribution in [0.1, 0.15) is 38.8 Å². The fourth-order valence-electron chi connectivity index (χ4n) is 1.86. The molecular weight excluding hydrogens is 288 g/mol. The molecule has 120 valence electrons. The van der Waals surface area contributed by atoms with E-state index in [1.165, 1.54) is 0 Å². The fraction of sp³-hybridized carbons (Fsp3) is 0.600. The Morgan fingerprint density at radius 3 is 2.43 bits per heavy atom. The van der Waals surface area contributed by atoms with Crippen molar-refractivity contribution in [3.05, 3.63) is 29.8 Å². The van der Waals surface area contributed by atoms with E-state index in [2.05, 4.69) is 23.9 Å². The van der Waals surface area contributed by atoms with E-state index in [1.54, 1.807) is 12.1 Å². The molecule has 2 N–H and O–H groups in total. The van der Waals surface area contributed by atoms with E-state index in [1.807, 2.05) is 19.1 Å². The van der Waals surface area contributed by atoms with Crippen LogP contribution in [-0.2, 0) is 14.8 Å². The summed E-state index contributed by atoms with van der Waals surface area (Å²) >= 11 is 0. The Morgan fingerprint density at radius 1 is 1.19 bits per heavy atom. The smallest absolute Gasteiger partial charge is 0.234 e. The van der Waals surface area contributed by atoms with Gasteiger partial charge in [0.15, 0.2) is 0 Å². The van der Waals surface area contributed by atoms with Gasteiger partial charge < -0.3 is 10.1 Å². The predicted octanol–water partition coefficient (Wildman–Crippen LogP) is 2.53. The molecule has 0 saturated carbocycles. The maximum atomic E-state index is 11.8. The van der Waals surface area contributed by atoms with Gasteiger partial charge in [-0.3, -0.25) is 4.72 Å². The van der Waals surface area contributed by atoms with Crippen LogP contribution in [-0.4, -0.2) is 33.9 Å². The molecule has 6 heteroatoms. The zero-order valence-electron chi connectivity index (χ0n) is 13.1. The molecule has 0 spiro atoms. The molecule has 0 heterocycles. The summed E-state index contributed by atoms with van der Waals surface area (Å²) in [6.07, 6.45) is 1.09. The van der Waals surface area contributed by atoms with Gasteiger partial charge in [-0.1, -0.05) is 19.1 Å². The average Bonchev–Trinajstić information content (AvgIpc) is 2.45. The van der Waals surface area contributed by atoms with Crippen molar-refractivity contribution in [1.82, 2.24) is 5.32 Å². The Bertz CT molecular complexity index is 500. The zero-order chi connectivity index (χ0) is 15.7. The highest BCUT2D eigenvalue weighted by Crippen LogP contribution is 2.17. The Morgan fingerprint density at radius 2 is 1.86 bits per heavy atom. The first-order valence-electron chi connectivity index (χ1n) is 7.40. The lowest BCUT2D eigenvalue weighted by Gasteiger charge is -2.14. The van der Waals surface area contributed by atoms with Gasteiger partial charge in [-0.15, -0.1) is 0 Å². The van der Waals surface area contributed by atoms with E-state index in [9.17, 15) is 8.42 Å². The van der Waals surface area contributed by atoms with Crippen LogP contribution >= 0.6 is 0 Å². The van der Waals surface area contributed by atoms with Gasteiger partial charge in [-0.2, -0.15) is 0 Å². The van der Waals surface area contributed by atoms with Gasteiger partial charge in [0, 0.05) is 18.3 Å². The second-order valence-electron chi connectivity index (χ2n) is 4.92. The predicted molar refractivity (Wildman–Crippen MR) is 87.1 cm³/mol. The molecule has 0 aliphatic heterocycles. The number of hydrogen-bond acceptors (Lipinski definition) is 4. The molecule has 5 nitrogen and oxygen atoms in total. The SMILES string of the molecule is CCCNC(C)c1ccc(NS(=O)(=O)CCOCC)cc1. The summed E-state index contributed by atoms with van der Waals surface area (Å²) in [5, 5.41) is 3.40. The second kappa shape index (κ2) is 9.02. The Labute approximate surface area is 128 Å². The molecule has 1 atom stereocenters. The average molecular weight is 314 g/mol. The lowest BCUT2D eigenvalue weighted by atomic mass is 10.1. The zero-order valence-corrected chi connectivity index (χ0v) is 13.9. The van der Waals surface area contributed by atoms with E-state index in [0.29, 0.717) is 12.3 Å². The van der Waals surface area contributed by atoms with Gasteiger partial charge in [0.2, 0.25) is 10.0 Å². The normalized spacial score (nSPS) is 13.1. The molecule has 0 aliphatic rings. The molecule has 0 aliphatic carbocycles. The van der Waals surface area contributed by atoms with E-state index in [-0.39, 0.29) is 18.4 Å². The van der Waals surface area contributed by atoms with Crippen LogP contribution in [0.15, 0.2) is 24.3 Å². The summed E-state index contributed by atoms with van der Waals surface area (Å²) in [5.74, 6) is -0.0307. The molecule has 0 radical (unpaired) electrons. The van der Waals surface area contributed by atoms with Crippen molar-refractivity contribution in [1.29, 1.82) is 0 Å². The number of benzene rings is 1. The highest BCUT2D eigenvalue weighted by molar-refractivity contribution is 7.92. The Balaban J connectivity index is 2.57. The molecular formula is C15H26N2O3S. The molecule has 1 aromatic carbocycles. The Kier molecular flexibility index (Phi) is 7.71. The van der Waals surface area contributed by atoms with Crippen molar-refractivity contribution in [2.45, 2.75) is 33.2 Å². The van der Waals surface area contributed by atoms with Crippen LogP contribution in [0.2, 0.25) is 0 Å². The van der Waals surface area contributed by atoms with Gasteiger partial charge >= 0.3 is 0 Å². The van der Waals surface area contributed by atoms with Gasteiger partial charge in [0.25, 0.3) is 0 Å². The summed E-state index contributed by atoms with van der Waals surface area (Å²) in [6, 6.07) is 7.71. The third kappa shape index (κ3) is 6.93. The molecule has 1 aromatic rings. The standard InChI is InChI=1S/C15H26N2O3S/c1-4-10-16-13(3)14-6-8-15(9-7-14)17-21(18,19)12-11-20-5-2/h6-9,13,16-17H,4-5,10-12H2,1-3H3. The van der Waals surface area contributed by atoms with Gasteiger partial charge in [-0.05, 0) is 44.5 Å². The minimum Gasteiger partial charge on any atom is -0.381 e. The first kappa shape index (κ1) is 17.9. The van der Waals surface area contributed by atoms with Gasteiger partial charge in [-0.25, -0.2) is 8.42 Å². The summed E-state index contributed by atoms with van der Waals surface area (Å²) in [6.45, 7) is 7.75. The first-order valence-corrected chi connectivity index (χ1v) is 9.05. The molecule has 0 fully saturated rings. The maximum Gasteiger partial charge on any atom is 0.234 e. The van der Waals surface area contributed by atoms with Crippen LogP contribution in [0.5, 0.6) is 0 Å². The van der Waals surface area contributed by atoms with Crippen LogP contribution in [0.3, 0.4) is 0 Å². The second-order valence-corrected chi connectivity index (χ2v) is 6.76. The highest BCUT2D eigenvalue weighted by atomic mass is 32.2. The van der Waals surface area contributed by atoms with E-state index in [4.69, 9.17) is 4.74 Å². The summed E-state index contributed by atoms with van der Waals surface area (Å²) < 4.78 is 31.3. The maximum absolute atomic E-state index is 11.8. The minimum atomic E-state index is -3.34. The van der Waals surface area contributed by atoms with Crippen molar-refractivity contribution in [3.8, 4) is 0 Å². The van der Waals surface area contributed by atoms with E-state index >= 15 is 0 Å². The first-order chi connectivity index (χ1) is 9.98. The number of sulfonamides is 1. The minimum absolute atomic E-state index is 0.0307. The van der Waals surface area contributed by atoms with Crippen LogP contribution in [0.4, 0.5) is 5.69 Å². The molecule has 1 unspecified atom stereocenters. The van der Waals surface area contributed by atoms with Crippen molar-refractivity contribution < 1.29 is 13.2 Å². The number of nitrogens with one attached hydrogen (secondary N) is 2. The number of hydrogen-bond donors (Lipinski definition) is 2. The van der Waals surface area contributed by atoms with E-state index < -0.39 is 10.0 Å². The summed E-state index contributed by atoms with van der Waals surface area (Å²) in [5.41, 5.74) is 1.72. The molecule has 0 saturated heterocycles. The van der Waals surface area contributed by atoms with Crippen molar-refractivity contribution >= 4 is 15.7 Å². The highest BCUT2D eigenvalue weighted by Gasteiger charge is 2.10. The van der Waals surface area contributed by atoms with E-state index in [0.717, 1.165) is 18.5 Å². The largest absolute Gasteiger partial charge is 0.381 e. The van der Waals surface area contributed by atoms with Crippen molar-refractivity contribution in [2.24, 2.45) is 0 Å². The topological polar surface area (TPSA) is 67.4 Å². The number of rotatable bonds is 10. The van der Waals surface area contributed by atoms with Gasteiger partial charge in [0.05, 0.1) is 12.4 Å². The molecule has 0 amide bonds. The van der Waals surface area contributed by atoms with Crippen LogP contribution in [0.25, 0.3) is 0 Å². The molecule has 0 aromatic heterocycles. The molecule has 21 heavy (non-hydrogen) atoms. The van der Waals surface area contributed by atoms with Crippen LogP contribution in [0, 0.1) is 0 Å². The lowest BCUT2D eigenvalue weighted by molar-refractivity contribution is 0.163. The Hall–Kier alpha value is -1.11. The third-order valence-electron chi connectivity index (χ3n) is 3.09. The fourth-order valence-corrected chi connectivity index (χ4v) is 2.80. The van der Waals surface area contributed by atoms with Gasteiger partial charge in [0.1, 0.15) is 0 Å². The molecule has 1 rings (SSSR count). The lowest BCUT2D eigenvalue weighted by Crippen LogP contribution is -2.21. The third-order valence-corrected chi connectivity index (χ3v) is 4.34. The summed E-state index contributed by atoms with van der Waals surface area (Å²) in [4.78, 5) is 0.